The Morgan fingerprint density at radius 1 is 1.04 bits per heavy atom. The molecule has 5 heteroatoms. The molecule has 0 aliphatic heterocycles. The molecule has 0 bridgehead atoms. The lowest BCUT2D eigenvalue weighted by atomic mass is 10.0. The monoisotopic (exact) mass is 357 g/mol. The standard InChI is InChI=1S/C21H27NO4/c1-16(2)20(14-23)22(13-17-9-11-19(25-3)12-10-17)21(24)26-15-18-7-5-4-6-8-18/h4-12,16,20,23H,13-15H2,1-3H3/t20-/m1/s1. The first-order valence-electron chi connectivity index (χ1n) is 8.76. The van der Waals surface area contributed by atoms with E-state index in [4.69, 9.17) is 9.47 Å². The molecule has 1 amide bonds. The topological polar surface area (TPSA) is 59.0 Å². The van der Waals surface area contributed by atoms with Crippen LogP contribution in [0, 0.1) is 5.92 Å². The lowest BCUT2D eigenvalue weighted by molar-refractivity contribution is 0.0469. The molecule has 0 fully saturated rings. The van der Waals surface area contributed by atoms with E-state index < -0.39 is 6.09 Å². The number of nitrogens with zero attached hydrogens (tertiary/aromatic N) is 1. The number of amides is 1. The SMILES string of the molecule is COc1ccc(CN(C(=O)OCc2ccccc2)[C@H](CO)C(C)C)cc1. The molecule has 2 aromatic rings. The van der Waals surface area contributed by atoms with Crippen LogP contribution in [-0.4, -0.2) is 35.9 Å². The van der Waals surface area contributed by atoms with E-state index in [1.165, 1.54) is 0 Å². The quantitative estimate of drug-likeness (QED) is 0.780. The summed E-state index contributed by atoms with van der Waals surface area (Å²) in [5.74, 6) is 0.858. The largest absolute Gasteiger partial charge is 0.497 e. The Hall–Kier alpha value is -2.53. The van der Waals surface area contributed by atoms with Gasteiger partial charge in [-0.1, -0.05) is 56.3 Å². The van der Waals surface area contributed by atoms with Crippen molar-refractivity contribution < 1.29 is 19.4 Å². The van der Waals surface area contributed by atoms with E-state index in [1.807, 2.05) is 68.4 Å². The molecular weight excluding hydrogens is 330 g/mol. The highest BCUT2D eigenvalue weighted by molar-refractivity contribution is 5.68. The molecule has 26 heavy (non-hydrogen) atoms. The lowest BCUT2D eigenvalue weighted by Crippen LogP contribution is -2.45. The number of aliphatic hydroxyl groups excluding tert-OH is 1. The Morgan fingerprint density at radius 3 is 2.23 bits per heavy atom. The first-order valence-corrected chi connectivity index (χ1v) is 8.76. The van der Waals surface area contributed by atoms with Gasteiger partial charge in [-0.25, -0.2) is 4.79 Å². The highest BCUT2D eigenvalue weighted by atomic mass is 16.6. The van der Waals surface area contributed by atoms with Crippen LogP contribution in [-0.2, 0) is 17.9 Å². The van der Waals surface area contributed by atoms with Gasteiger partial charge in [-0.05, 0) is 29.2 Å². The molecule has 2 rings (SSSR count). The van der Waals surface area contributed by atoms with Gasteiger partial charge in [-0.15, -0.1) is 0 Å². The van der Waals surface area contributed by atoms with E-state index in [-0.39, 0.29) is 25.2 Å². The van der Waals surface area contributed by atoms with E-state index in [9.17, 15) is 9.90 Å². The smallest absolute Gasteiger partial charge is 0.410 e. The molecule has 140 valence electrons. The average Bonchev–Trinajstić information content (AvgIpc) is 2.67. The van der Waals surface area contributed by atoms with Gasteiger partial charge in [0.1, 0.15) is 12.4 Å². The number of ether oxygens (including phenoxy) is 2. The Morgan fingerprint density at radius 2 is 1.69 bits per heavy atom. The zero-order valence-electron chi connectivity index (χ0n) is 15.6. The van der Waals surface area contributed by atoms with Crippen LogP contribution < -0.4 is 4.74 Å². The number of aliphatic hydroxyl groups is 1. The van der Waals surface area contributed by atoms with Crippen LogP contribution in [0.2, 0.25) is 0 Å². The average molecular weight is 357 g/mol. The van der Waals surface area contributed by atoms with Gasteiger partial charge < -0.3 is 14.6 Å². The second kappa shape index (κ2) is 9.82. The van der Waals surface area contributed by atoms with Crippen molar-refractivity contribution in [3.8, 4) is 5.75 Å². The van der Waals surface area contributed by atoms with Gasteiger partial charge in [0.2, 0.25) is 0 Å². The molecule has 0 aliphatic carbocycles. The molecule has 2 aromatic carbocycles. The third-order valence-electron chi connectivity index (χ3n) is 4.31. The van der Waals surface area contributed by atoms with Crippen LogP contribution in [0.15, 0.2) is 54.6 Å². The van der Waals surface area contributed by atoms with Crippen LogP contribution in [0.3, 0.4) is 0 Å². The molecule has 0 radical (unpaired) electrons. The maximum atomic E-state index is 12.7. The van der Waals surface area contributed by atoms with E-state index >= 15 is 0 Å². The highest BCUT2D eigenvalue weighted by Crippen LogP contribution is 2.19. The minimum absolute atomic E-state index is 0.0996. The Bertz CT molecular complexity index is 670. The van der Waals surface area contributed by atoms with Crippen molar-refractivity contribution in [3.05, 3.63) is 65.7 Å². The molecule has 0 saturated carbocycles. The lowest BCUT2D eigenvalue weighted by Gasteiger charge is -2.32. The zero-order valence-corrected chi connectivity index (χ0v) is 15.6. The summed E-state index contributed by atoms with van der Waals surface area (Å²) < 4.78 is 10.7. The van der Waals surface area contributed by atoms with Crippen molar-refractivity contribution in [2.45, 2.75) is 33.0 Å². The fourth-order valence-corrected chi connectivity index (χ4v) is 2.72. The van der Waals surface area contributed by atoms with Gasteiger partial charge in [0.05, 0.1) is 19.8 Å². The molecule has 0 spiro atoms. The molecule has 0 heterocycles. The minimum atomic E-state index is -0.433. The number of hydrogen-bond acceptors (Lipinski definition) is 4. The summed E-state index contributed by atoms with van der Waals surface area (Å²) in [7, 11) is 1.61. The Kier molecular flexibility index (Phi) is 7.48. The summed E-state index contributed by atoms with van der Waals surface area (Å²) in [6.07, 6.45) is -0.433. The van der Waals surface area contributed by atoms with Crippen molar-refractivity contribution in [2.75, 3.05) is 13.7 Å². The number of carbonyl (C=O) groups is 1. The molecule has 5 nitrogen and oxygen atoms in total. The molecule has 1 N–H and O–H groups in total. The molecule has 1 atom stereocenters. The van der Waals surface area contributed by atoms with E-state index in [1.54, 1.807) is 12.0 Å². The zero-order chi connectivity index (χ0) is 18.9. The summed E-state index contributed by atoms with van der Waals surface area (Å²) in [5, 5.41) is 9.79. The maximum absolute atomic E-state index is 12.7. The fourth-order valence-electron chi connectivity index (χ4n) is 2.72. The molecular formula is C21H27NO4. The number of benzene rings is 2. The van der Waals surface area contributed by atoms with Crippen molar-refractivity contribution >= 4 is 6.09 Å². The number of carbonyl (C=O) groups excluding carboxylic acids is 1. The summed E-state index contributed by atoms with van der Waals surface area (Å²) in [4.78, 5) is 14.3. The Labute approximate surface area is 155 Å². The van der Waals surface area contributed by atoms with Gasteiger partial charge in [0.25, 0.3) is 0 Å². The first kappa shape index (κ1) is 19.8. The van der Waals surface area contributed by atoms with Crippen molar-refractivity contribution in [3.63, 3.8) is 0 Å². The van der Waals surface area contributed by atoms with Crippen LogP contribution in [0.25, 0.3) is 0 Å². The van der Waals surface area contributed by atoms with E-state index in [0.717, 1.165) is 16.9 Å². The third kappa shape index (κ3) is 5.49. The molecule has 0 saturated heterocycles. The molecule has 0 aromatic heterocycles. The first-order chi connectivity index (χ1) is 12.5. The van der Waals surface area contributed by atoms with Crippen LogP contribution in [0.1, 0.15) is 25.0 Å². The second-order valence-corrected chi connectivity index (χ2v) is 6.51. The maximum Gasteiger partial charge on any atom is 0.410 e. The van der Waals surface area contributed by atoms with Crippen LogP contribution in [0.5, 0.6) is 5.75 Å². The highest BCUT2D eigenvalue weighted by Gasteiger charge is 2.27. The van der Waals surface area contributed by atoms with Gasteiger partial charge in [-0.3, -0.25) is 4.90 Å². The van der Waals surface area contributed by atoms with Gasteiger partial charge in [-0.2, -0.15) is 0 Å². The normalized spacial score (nSPS) is 11.9. The summed E-state index contributed by atoms with van der Waals surface area (Å²) >= 11 is 0. The van der Waals surface area contributed by atoms with Crippen LogP contribution >= 0.6 is 0 Å². The Balaban J connectivity index is 2.12. The predicted molar refractivity (Wildman–Crippen MR) is 101 cm³/mol. The van der Waals surface area contributed by atoms with Crippen molar-refractivity contribution in [1.29, 1.82) is 0 Å². The second-order valence-electron chi connectivity index (χ2n) is 6.51. The van der Waals surface area contributed by atoms with E-state index in [2.05, 4.69) is 0 Å². The molecule has 0 unspecified atom stereocenters. The summed E-state index contributed by atoms with van der Waals surface area (Å²) in [6.45, 7) is 4.41. The van der Waals surface area contributed by atoms with Crippen molar-refractivity contribution in [1.82, 2.24) is 4.90 Å². The third-order valence-corrected chi connectivity index (χ3v) is 4.31. The van der Waals surface area contributed by atoms with E-state index in [0.29, 0.717) is 6.54 Å². The number of methoxy groups -OCH3 is 1. The van der Waals surface area contributed by atoms with Crippen LogP contribution in [0.4, 0.5) is 4.79 Å². The predicted octanol–water partition coefficient (Wildman–Crippen LogP) is 3.85. The van der Waals surface area contributed by atoms with Gasteiger partial charge in [0, 0.05) is 6.54 Å². The summed E-state index contributed by atoms with van der Waals surface area (Å²) in [6, 6.07) is 16.8. The van der Waals surface area contributed by atoms with Gasteiger partial charge >= 0.3 is 6.09 Å². The summed E-state index contributed by atoms with van der Waals surface area (Å²) in [5.41, 5.74) is 1.87. The fraction of sp³-hybridized carbons (Fsp3) is 0.381. The number of hydrogen-bond donors (Lipinski definition) is 1. The number of rotatable bonds is 8. The minimum Gasteiger partial charge on any atom is -0.497 e. The van der Waals surface area contributed by atoms with Crippen molar-refractivity contribution in [2.24, 2.45) is 5.92 Å². The van der Waals surface area contributed by atoms with Gasteiger partial charge in [0.15, 0.2) is 0 Å². The molecule has 0 aliphatic rings.